The number of hydrogen-bond donors (Lipinski definition) is 2. The van der Waals surface area contributed by atoms with Gasteiger partial charge in [0.15, 0.2) is 0 Å². The summed E-state index contributed by atoms with van der Waals surface area (Å²) in [6.07, 6.45) is 3.84. The van der Waals surface area contributed by atoms with E-state index in [1.165, 1.54) is 19.0 Å². The Labute approximate surface area is 160 Å². The van der Waals surface area contributed by atoms with Gasteiger partial charge in [-0.25, -0.2) is 9.78 Å². The van der Waals surface area contributed by atoms with Crippen molar-refractivity contribution >= 4 is 17.7 Å². The molecular formula is C19H31N5O3. The standard InChI is InChI=1S/C19H31N5O3/c1-14(2)10-20-17-16(18(25)26)11-21-19(22-17)24-7-5-23(6-8-24)12-15-4-3-9-27-13-15/h11,14-15H,3-10,12-13H2,1-2H3,(H,25,26)(H,20,21,22). The Morgan fingerprint density at radius 1 is 1.37 bits per heavy atom. The van der Waals surface area contributed by atoms with Crippen LogP contribution in [0.25, 0.3) is 0 Å². The van der Waals surface area contributed by atoms with Crippen LogP contribution in [0, 0.1) is 11.8 Å². The third kappa shape index (κ3) is 5.52. The minimum Gasteiger partial charge on any atom is -0.477 e. The number of anilines is 2. The molecule has 0 amide bonds. The van der Waals surface area contributed by atoms with Crippen molar-refractivity contribution in [1.82, 2.24) is 14.9 Å². The van der Waals surface area contributed by atoms with Crippen molar-refractivity contribution in [3.05, 3.63) is 11.8 Å². The molecule has 3 rings (SSSR count). The molecule has 2 saturated heterocycles. The van der Waals surface area contributed by atoms with Crippen molar-refractivity contribution < 1.29 is 14.6 Å². The van der Waals surface area contributed by atoms with E-state index in [2.05, 4.69) is 38.9 Å². The Bertz CT molecular complexity index is 626. The fourth-order valence-electron chi connectivity index (χ4n) is 3.56. The minimum absolute atomic E-state index is 0.121. The largest absolute Gasteiger partial charge is 0.477 e. The van der Waals surface area contributed by atoms with Gasteiger partial charge in [0, 0.05) is 52.1 Å². The van der Waals surface area contributed by atoms with E-state index >= 15 is 0 Å². The summed E-state index contributed by atoms with van der Waals surface area (Å²) >= 11 is 0. The fourth-order valence-corrected chi connectivity index (χ4v) is 3.56. The quantitative estimate of drug-likeness (QED) is 0.743. The lowest BCUT2D eigenvalue weighted by Gasteiger charge is -2.37. The maximum Gasteiger partial charge on any atom is 0.341 e. The highest BCUT2D eigenvalue weighted by molar-refractivity contribution is 5.92. The minimum atomic E-state index is -1.01. The van der Waals surface area contributed by atoms with E-state index in [-0.39, 0.29) is 5.56 Å². The van der Waals surface area contributed by atoms with Crippen LogP contribution in [-0.4, -0.2) is 78.4 Å². The zero-order valence-corrected chi connectivity index (χ0v) is 16.4. The topological polar surface area (TPSA) is 90.8 Å². The number of nitrogens with one attached hydrogen (secondary N) is 1. The number of carboxylic acid groups (broad SMARTS) is 1. The predicted molar refractivity (Wildman–Crippen MR) is 105 cm³/mol. The molecule has 150 valence electrons. The van der Waals surface area contributed by atoms with Crippen molar-refractivity contribution in [2.75, 3.05) is 62.7 Å². The molecule has 1 aromatic heterocycles. The van der Waals surface area contributed by atoms with Crippen molar-refractivity contribution in [3.8, 4) is 0 Å². The lowest BCUT2D eigenvalue weighted by Crippen LogP contribution is -2.49. The molecule has 8 nitrogen and oxygen atoms in total. The van der Waals surface area contributed by atoms with E-state index in [1.807, 2.05) is 0 Å². The highest BCUT2D eigenvalue weighted by Gasteiger charge is 2.24. The molecule has 0 bridgehead atoms. The van der Waals surface area contributed by atoms with Gasteiger partial charge in [0.2, 0.25) is 5.95 Å². The fraction of sp³-hybridized carbons (Fsp3) is 0.737. The SMILES string of the molecule is CC(C)CNc1nc(N2CCN(CC3CCCOC3)CC2)ncc1C(=O)O. The number of rotatable bonds is 7. The van der Waals surface area contributed by atoms with E-state index in [1.54, 1.807) is 0 Å². The van der Waals surface area contributed by atoms with E-state index in [0.29, 0.717) is 30.1 Å². The molecule has 1 aromatic rings. The van der Waals surface area contributed by atoms with Crippen molar-refractivity contribution in [3.63, 3.8) is 0 Å². The second-order valence-electron chi connectivity index (χ2n) is 7.88. The van der Waals surface area contributed by atoms with Gasteiger partial charge in [0.05, 0.1) is 6.61 Å². The van der Waals surface area contributed by atoms with Gasteiger partial charge < -0.3 is 20.1 Å². The average Bonchev–Trinajstić information content (AvgIpc) is 2.67. The summed E-state index contributed by atoms with van der Waals surface area (Å²) in [6, 6.07) is 0. The number of piperazine rings is 1. The number of hydrogen-bond acceptors (Lipinski definition) is 7. The van der Waals surface area contributed by atoms with Crippen LogP contribution in [0.15, 0.2) is 6.20 Å². The zero-order chi connectivity index (χ0) is 19.2. The Balaban J connectivity index is 1.59. The first-order valence-corrected chi connectivity index (χ1v) is 9.92. The first kappa shape index (κ1) is 19.8. The first-order valence-electron chi connectivity index (χ1n) is 9.92. The van der Waals surface area contributed by atoms with E-state index in [4.69, 9.17) is 4.74 Å². The van der Waals surface area contributed by atoms with Crippen molar-refractivity contribution in [2.45, 2.75) is 26.7 Å². The van der Waals surface area contributed by atoms with Gasteiger partial charge in [-0.3, -0.25) is 4.90 Å². The highest BCUT2D eigenvalue weighted by Crippen LogP contribution is 2.20. The summed E-state index contributed by atoms with van der Waals surface area (Å²) in [4.78, 5) is 24.9. The molecule has 2 aliphatic rings. The molecule has 2 N–H and O–H groups in total. The van der Waals surface area contributed by atoms with E-state index < -0.39 is 5.97 Å². The molecule has 0 aliphatic carbocycles. The van der Waals surface area contributed by atoms with Gasteiger partial charge >= 0.3 is 5.97 Å². The molecule has 2 aliphatic heterocycles. The van der Waals surface area contributed by atoms with Crippen molar-refractivity contribution in [2.24, 2.45) is 11.8 Å². The summed E-state index contributed by atoms with van der Waals surface area (Å²) in [7, 11) is 0. The summed E-state index contributed by atoms with van der Waals surface area (Å²) in [5, 5.41) is 12.5. The number of aromatic nitrogens is 2. The number of ether oxygens (including phenoxy) is 1. The molecule has 1 atom stereocenters. The van der Waals surface area contributed by atoms with Crippen LogP contribution >= 0.6 is 0 Å². The lowest BCUT2D eigenvalue weighted by molar-refractivity contribution is 0.0376. The second-order valence-corrected chi connectivity index (χ2v) is 7.88. The molecule has 27 heavy (non-hydrogen) atoms. The van der Waals surface area contributed by atoms with Gasteiger partial charge in [0.1, 0.15) is 11.4 Å². The number of aromatic carboxylic acids is 1. The Kier molecular flexibility index (Phi) is 6.84. The molecule has 1 unspecified atom stereocenters. The van der Waals surface area contributed by atoms with Gasteiger partial charge in [-0.05, 0) is 24.7 Å². The highest BCUT2D eigenvalue weighted by atomic mass is 16.5. The maximum atomic E-state index is 11.4. The summed E-state index contributed by atoms with van der Waals surface area (Å²) in [5.41, 5.74) is 0.121. The number of carboxylic acids is 1. The van der Waals surface area contributed by atoms with Crippen molar-refractivity contribution in [1.29, 1.82) is 0 Å². The van der Waals surface area contributed by atoms with Crippen LogP contribution in [-0.2, 0) is 4.74 Å². The molecule has 3 heterocycles. The van der Waals surface area contributed by atoms with Gasteiger partial charge in [-0.1, -0.05) is 13.8 Å². The molecule has 0 aromatic carbocycles. The van der Waals surface area contributed by atoms with Gasteiger partial charge in [-0.2, -0.15) is 4.98 Å². The molecule has 0 radical (unpaired) electrons. The number of nitrogens with zero attached hydrogens (tertiary/aromatic N) is 4. The third-order valence-corrected chi connectivity index (χ3v) is 5.11. The average molecular weight is 377 g/mol. The third-order valence-electron chi connectivity index (χ3n) is 5.11. The van der Waals surface area contributed by atoms with Gasteiger partial charge in [-0.15, -0.1) is 0 Å². The zero-order valence-electron chi connectivity index (χ0n) is 16.4. The Morgan fingerprint density at radius 2 is 2.15 bits per heavy atom. The molecule has 0 saturated carbocycles. The van der Waals surface area contributed by atoms with Crippen LogP contribution < -0.4 is 10.2 Å². The summed E-state index contributed by atoms with van der Waals surface area (Å²) < 4.78 is 5.59. The lowest BCUT2D eigenvalue weighted by atomic mass is 10.0. The second kappa shape index (κ2) is 9.32. The molecular weight excluding hydrogens is 346 g/mol. The monoisotopic (exact) mass is 377 g/mol. The van der Waals surface area contributed by atoms with Crippen LogP contribution in [0.2, 0.25) is 0 Å². The van der Waals surface area contributed by atoms with Gasteiger partial charge in [0.25, 0.3) is 0 Å². The first-order chi connectivity index (χ1) is 13.0. The molecule has 8 heteroatoms. The summed E-state index contributed by atoms with van der Waals surface area (Å²) in [6.45, 7) is 11.3. The Morgan fingerprint density at radius 3 is 2.78 bits per heavy atom. The maximum absolute atomic E-state index is 11.4. The number of carbonyl (C=O) groups is 1. The normalized spacial score (nSPS) is 21.4. The molecule has 0 spiro atoms. The Hall–Kier alpha value is -1.93. The smallest absolute Gasteiger partial charge is 0.341 e. The summed E-state index contributed by atoms with van der Waals surface area (Å²) in [5.74, 6) is 1.04. The van der Waals surface area contributed by atoms with Crippen LogP contribution in [0.5, 0.6) is 0 Å². The van der Waals surface area contributed by atoms with E-state index in [0.717, 1.165) is 45.9 Å². The van der Waals surface area contributed by atoms with Crippen LogP contribution in [0.3, 0.4) is 0 Å². The van der Waals surface area contributed by atoms with E-state index in [9.17, 15) is 9.90 Å². The van der Waals surface area contributed by atoms with Crippen LogP contribution in [0.1, 0.15) is 37.0 Å². The molecule has 2 fully saturated rings. The predicted octanol–water partition coefficient (Wildman–Crippen LogP) is 1.79. The van der Waals surface area contributed by atoms with Crippen LogP contribution in [0.4, 0.5) is 11.8 Å².